The van der Waals surface area contributed by atoms with Crippen LogP contribution < -0.4 is 4.74 Å². The molecule has 1 aromatic carbocycles. The zero-order chi connectivity index (χ0) is 9.68. The topological polar surface area (TPSA) is 18.5 Å². The van der Waals surface area contributed by atoms with Gasteiger partial charge in [-0.05, 0) is 11.6 Å². The normalized spacial score (nSPS) is 9.69. The first-order valence-corrected chi connectivity index (χ1v) is 4.09. The lowest BCUT2D eigenvalue weighted by Crippen LogP contribution is -1.95. The van der Waals surface area contributed by atoms with Gasteiger partial charge in [-0.3, -0.25) is 0 Å². The second kappa shape index (κ2) is 4.67. The summed E-state index contributed by atoms with van der Waals surface area (Å²) in [6.07, 6.45) is 0. The lowest BCUT2D eigenvalue weighted by atomic mass is 10.1. The van der Waals surface area contributed by atoms with Crippen molar-refractivity contribution in [3.05, 3.63) is 36.4 Å². The molecule has 0 amide bonds. The highest BCUT2D eigenvalue weighted by atomic mass is 16.5. The van der Waals surface area contributed by atoms with Crippen LogP contribution in [0.1, 0.15) is 5.56 Å². The van der Waals surface area contributed by atoms with Gasteiger partial charge in [-0.1, -0.05) is 24.8 Å². The van der Waals surface area contributed by atoms with Gasteiger partial charge in [-0.15, -0.1) is 0 Å². The summed E-state index contributed by atoms with van der Waals surface area (Å²) in [4.78, 5) is 0. The predicted molar refractivity (Wildman–Crippen MR) is 53.9 cm³/mol. The van der Waals surface area contributed by atoms with Gasteiger partial charge < -0.3 is 9.47 Å². The Labute approximate surface area is 78.8 Å². The number of hydrogen-bond acceptors (Lipinski definition) is 2. The number of benzene rings is 1. The molecule has 1 rings (SSSR count). The van der Waals surface area contributed by atoms with Gasteiger partial charge >= 0.3 is 0 Å². The Hall–Kier alpha value is -1.28. The minimum atomic E-state index is 0.528. The Kier molecular flexibility index (Phi) is 3.53. The van der Waals surface area contributed by atoms with E-state index in [1.807, 2.05) is 24.3 Å². The van der Waals surface area contributed by atoms with Crippen molar-refractivity contribution in [3.8, 4) is 5.75 Å². The standard InChI is InChI=1S/C11H14O2/c1-9(8-12-2)10-6-4-5-7-11(10)13-3/h4-7H,1,8H2,2-3H3. The van der Waals surface area contributed by atoms with Crippen molar-refractivity contribution in [3.63, 3.8) is 0 Å². The van der Waals surface area contributed by atoms with E-state index in [-0.39, 0.29) is 0 Å². The van der Waals surface area contributed by atoms with E-state index in [0.717, 1.165) is 16.9 Å². The number of ether oxygens (including phenoxy) is 2. The average molecular weight is 178 g/mol. The molecule has 0 aliphatic carbocycles. The Bertz CT molecular complexity index is 292. The van der Waals surface area contributed by atoms with E-state index in [1.165, 1.54) is 0 Å². The highest BCUT2D eigenvalue weighted by Gasteiger charge is 2.04. The van der Waals surface area contributed by atoms with Crippen LogP contribution in [0.3, 0.4) is 0 Å². The molecule has 0 bridgehead atoms. The van der Waals surface area contributed by atoms with Crippen LogP contribution in [0.2, 0.25) is 0 Å². The summed E-state index contributed by atoms with van der Waals surface area (Å²) in [5, 5.41) is 0. The van der Waals surface area contributed by atoms with Crippen LogP contribution in [0.25, 0.3) is 5.57 Å². The van der Waals surface area contributed by atoms with Crippen LogP contribution in [0.4, 0.5) is 0 Å². The lowest BCUT2D eigenvalue weighted by molar-refractivity contribution is 0.239. The van der Waals surface area contributed by atoms with E-state index >= 15 is 0 Å². The fraction of sp³-hybridized carbons (Fsp3) is 0.273. The molecule has 0 atom stereocenters. The Morgan fingerprint density at radius 3 is 2.62 bits per heavy atom. The Morgan fingerprint density at radius 1 is 1.31 bits per heavy atom. The van der Waals surface area contributed by atoms with E-state index in [0.29, 0.717) is 6.61 Å². The highest BCUT2D eigenvalue weighted by Crippen LogP contribution is 2.24. The van der Waals surface area contributed by atoms with Crippen molar-refractivity contribution >= 4 is 5.57 Å². The molecule has 0 heterocycles. The molecule has 13 heavy (non-hydrogen) atoms. The van der Waals surface area contributed by atoms with Crippen molar-refractivity contribution in [2.24, 2.45) is 0 Å². The monoisotopic (exact) mass is 178 g/mol. The molecule has 0 radical (unpaired) electrons. The van der Waals surface area contributed by atoms with Gasteiger partial charge in [0.05, 0.1) is 13.7 Å². The maximum absolute atomic E-state index is 5.20. The number of para-hydroxylation sites is 1. The molecule has 0 aromatic heterocycles. The minimum Gasteiger partial charge on any atom is -0.496 e. The molecule has 0 saturated heterocycles. The molecule has 70 valence electrons. The van der Waals surface area contributed by atoms with Gasteiger partial charge in [0.1, 0.15) is 5.75 Å². The number of hydrogen-bond donors (Lipinski definition) is 0. The second-order valence-electron chi connectivity index (χ2n) is 2.74. The average Bonchev–Trinajstić information content (AvgIpc) is 2.18. The largest absolute Gasteiger partial charge is 0.496 e. The van der Waals surface area contributed by atoms with Crippen LogP contribution >= 0.6 is 0 Å². The molecule has 0 fully saturated rings. The molecule has 2 heteroatoms. The van der Waals surface area contributed by atoms with Crippen LogP contribution in [0.15, 0.2) is 30.8 Å². The summed E-state index contributed by atoms with van der Waals surface area (Å²) in [7, 11) is 3.31. The van der Waals surface area contributed by atoms with Gasteiger partial charge in [-0.25, -0.2) is 0 Å². The molecule has 0 spiro atoms. The zero-order valence-corrected chi connectivity index (χ0v) is 8.04. The van der Waals surface area contributed by atoms with Crippen molar-refractivity contribution in [1.29, 1.82) is 0 Å². The molecular weight excluding hydrogens is 164 g/mol. The molecule has 0 aliphatic rings. The van der Waals surface area contributed by atoms with Crippen molar-refractivity contribution in [1.82, 2.24) is 0 Å². The van der Waals surface area contributed by atoms with E-state index in [1.54, 1.807) is 14.2 Å². The maximum Gasteiger partial charge on any atom is 0.126 e. The van der Waals surface area contributed by atoms with E-state index in [4.69, 9.17) is 9.47 Å². The van der Waals surface area contributed by atoms with Crippen LogP contribution in [0.5, 0.6) is 5.75 Å². The Balaban J connectivity index is 2.92. The first kappa shape index (κ1) is 9.81. The van der Waals surface area contributed by atoms with Gasteiger partial charge in [0.25, 0.3) is 0 Å². The summed E-state index contributed by atoms with van der Waals surface area (Å²) < 4.78 is 10.2. The van der Waals surface area contributed by atoms with Crippen molar-refractivity contribution in [2.45, 2.75) is 0 Å². The van der Waals surface area contributed by atoms with Gasteiger partial charge in [0, 0.05) is 12.7 Å². The third-order valence-corrected chi connectivity index (χ3v) is 1.81. The first-order chi connectivity index (χ1) is 6.29. The fourth-order valence-electron chi connectivity index (χ4n) is 1.19. The SMILES string of the molecule is C=C(COC)c1ccccc1OC. The molecule has 0 saturated carbocycles. The molecule has 0 N–H and O–H groups in total. The molecule has 0 aliphatic heterocycles. The fourth-order valence-corrected chi connectivity index (χ4v) is 1.19. The Morgan fingerprint density at radius 2 is 2.00 bits per heavy atom. The van der Waals surface area contributed by atoms with E-state index < -0.39 is 0 Å². The molecular formula is C11H14O2. The lowest BCUT2D eigenvalue weighted by Gasteiger charge is -2.09. The summed E-state index contributed by atoms with van der Waals surface area (Å²) in [6.45, 7) is 4.45. The number of methoxy groups -OCH3 is 2. The van der Waals surface area contributed by atoms with E-state index in [2.05, 4.69) is 6.58 Å². The third kappa shape index (κ3) is 2.33. The second-order valence-corrected chi connectivity index (χ2v) is 2.74. The van der Waals surface area contributed by atoms with E-state index in [9.17, 15) is 0 Å². The summed E-state index contributed by atoms with van der Waals surface area (Å²) >= 11 is 0. The third-order valence-electron chi connectivity index (χ3n) is 1.81. The maximum atomic E-state index is 5.20. The van der Waals surface area contributed by atoms with Gasteiger partial charge in [-0.2, -0.15) is 0 Å². The molecule has 1 aromatic rings. The highest BCUT2D eigenvalue weighted by molar-refractivity contribution is 5.69. The molecule has 0 unspecified atom stereocenters. The predicted octanol–water partition coefficient (Wildman–Crippen LogP) is 2.35. The minimum absolute atomic E-state index is 0.528. The van der Waals surface area contributed by atoms with Crippen LogP contribution in [-0.4, -0.2) is 20.8 Å². The van der Waals surface area contributed by atoms with Crippen molar-refractivity contribution < 1.29 is 9.47 Å². The zero-order valence-electron chi connectivity index (χ0n) is 8.04. The van der Waals surface area contributed by atoms with Gasteiger partial charge in [0.15, 0.2) is 0 Å². The van der Waals surface area contributed by atoms with Crippen LogP contribution in [-0.2, 0) is 4.74 Å². The smallest absolute Gasteiger partial charge is 0.126 e. The quantitative estimate of drug-likeness (QED) is 0.704. The first-order valence-electron chi connectivity index (χ1n) is 4.09. The summed E-state index contributed by atoms with van der Waals surface area (Å²) in [5.74, 6) is 0.838. The van der Waals surface area contributed by atoms with Crippen molar-refractivity contribution in [2.75, 3.05) is 20.8 Å². The van der Waals surface area contributed by atoms with Gasteiger partial charge in [0.2, 0.25) is 0 Å². The summed E-state index contributed by atoms with van der Waals surface area (Å²) in [6, 6.07) is 7.78. The molecule has 2 nitrogen and oxygen atoms in total. The summed E-state index contributed by atoms with van der Waals surface area (Å²) in [5.41, 5.74) is 1.94. The van der Waals surface area contributed by atoms with Crippen LogP contribution in [0, 0.1) is 0 Å². The number of rotatable bonds is 4.